The Labute approximate surface area is 163 Å². The number of methoxy groups -OCH3 is 1. The van der Waals surface area contributed by atoms with Crippen molar-refractivity contribution in [2.75, 3.05) is 13.7 Å². The summed E-state index contributed by atoms with van der Waals surface area (Å²) >= 11 is 0. The number of aryl methyl sites for hydroxylation is 1. The molecular formula is C21H27NO6. The molecule has 0 amide bonds. The van der Waals surface area contributed by atoms with E-state index in [-0.39, 0.29) is 24.1 Å². The largest absolute Gasteiger partial charge is 0.465 e. The number of aromatic amines is 1. The Morgan fingerprint density at radius 3 is 2.36 bits per heavy atom. The molecule has 2 unspecified atom stereocenters. The lowest BCUT2D eigenvalue weighted by molar-refractivity contribution is -0.195. The SMILES string of the molecule is COC(=O)c1c(C)[nH]c(C(=O)COC(=O)C23CC4CC(CC(O)(C4)C2)C3)c1C. The zero-order valence-electron chi connectivity index (χ0n) is 16.6. The van der Waals surface area contributed by atoms with Crippen molar-refractivity contribution >= 4 is 17.7 Å². The molecule has 0 aliphatic heterocycles. The molecule has 1 aromatic rings. The lowest BCUT2D eigenvalue weighted by Crippen LogP contribution is -2.58. The van der Waals surface area contributed by atoms with E-state index in [1.165, 1.54) is 7.11 Å². The summed E-state index contributed by atoms with van der Waals surface area (Å²) < 4.78 is 10.2. The van der Waals surface area contributed by atoms with Crippen LogP contribution in [0.25, 0.3) is 0 Å². The van der Waals surface area contributed by atoms with Gasteiger partial charge in [0.15, 0.2) is 6.61 Å². The predicted octanol–water partition coefficient (Wildman–Crippen LogP) is 2.48. The highest BCUT2D eigenvalue weighted by Crippen LogP contribution is 2.61. The van der Waals surface area contributed by atoms with Crippen LogP contribution in [-0.4, -0.2) is 47.1 Å². The lowest BCUT2D eigenvalue weighted by atomic mass is 9.48. The third-order valence-corrected chi connectivity index (χ3v) is 6.90. The van der Waals surface area contributed by atoms with Crippen molar-refractivity contribution in [2.24, 2.45) is 17.3 Å². The number of ketones is 1. The second-order valence-electron chi connectivity index (χ2n) is 9.08. The minimum Gasteiger partial charge on any atom is -0.465 e. The summed E-state index contributed by atoms with van der Waals surface area (Å²) in [6.07, 6.45) is 4.54. The zero-order valence-corrected chi connectivity index (χ0v) is 16.6. The van der Waals surface area contributed by atoms with E-state index in [0.29, 0.717) is 35.1 Å². The molecular weight excluding hydrogens is 362 g/mol. The van der Waals surface area contributed by atoms with Gasteiger partial charge < -0.3 is 19.6 Å². The van der Waals surface area contributed by atoms with Crippen molar-refractivity contribution in [3.8, 4) is 0 Å². The lowest BCUT2D eigenvalue weighted by Gasteiger charge is -2.58. The van der Waals surface area contributed by atoms with Gasteiger partial charge in [-0.05, 0) is 69.8 Å². The molecule has 0 aromatic carbocycles. The number of hydrogen-bond donors (Lipinski definition) is 2. The van der Waals surface area contributed by atoms with Gasteiger partial charge in [0.1, 0.15) is 0 Å². The highest BCUT2D eigenvalue weighted by Gasteiger charge is 2.60. The molecule has 28 heavy (non-hydrogen) atoms. The fourth-order valence-corrected chi connectivity index (χ4v) is 6.25. The summed E-state index contributed by atoms with van der Waals surface area (Å²) in [4.78, 5) is 40.3. The Morgan fingerprint density at radius 2 is 1.79 bits per heavy atom. The maximum Gasteiger partial charge on any atom is 0.339 e. The van der Waals surface area contributed by atoms with Crippen LogP contribution in [0.2, 0.25) is 0 Å². The Hall–Kier alpha value is -2.15. The van der Waals surface area contributed by atoms with Crippen molar-refractivity contribution in [1.82, 2.24) is 4.98 Å². The van der Waals surface area contributed by atoms with Crippen molar-refractivity contribution in [1.29, 1.82) is 0 Å². The molecule has 4 saturated carbocycles. The van der Waals surface area contributed by atoms with E-state index in [2.05, 4.69) is 4.98 Å². The number of hydrogen-bond acceptors (Lipinski definition) is 6. The topological polar surface area (TPSA) is 106 Å². The van der Waals surface area contributed by atoms with Gasteiger partial charge in [-0.15, -0.1) is 0 Å². The smallest absolute Gasteiger partial charge is 0.339 e. The van der Waals surface area contributed by atoms with E-state index in [9.17, 15) is 19.5 Å². The van der Waals surface area contributed by atoms with Crippen molar-refractivity contribution < 1.29 is 29.0 Å². The molecule has 2 N–H and O–H groups in total. The van der Waals surface area contributed by atoms with Gasteiger partial charge in [0.05, 0.1) is 29.4 Å². The summed E-state index contributed by atoms with van der Waals surface area (Å²) in [6.45, 7) is 2.98. The van der Waals surface area contributed by atoms with Gasteiger partial charge in [-0.2, -0.15) is 0 Å². The minimum absolute atomic E-state index is 0.259. The molecule has 0 saturated heterocycles. The number of aliphatic hydroxyl groups is 1. The van der Waals surface area contributed by atoms with E-state index in [4.69, 9.17) is 9.47 Å². The Morgan fingerprint density at radius 1 is 1.14 bits per heavy atom. The van der Waals surface area contributed by atoms with Gasteiger partial charge in [0, 0.05) is 5.69 Å². The molecule has 4 bridgehead atoms. The van der Waals surface area contributed by atoms with E-state index in [0.717, 1.165) is 32.1 Å². The maximum absolute atomic E-state index is 12.9. The second-order valence-corrected chi connectivity index (χ2v) is 9.08. The quantitative estimate of drug-likeness (QED) is 0.592. The third-order valence-electron chi connectivity index (χ3n) is 6.90. The number of H-pyrrole nitrogens is 1. The number of rotatable bonds is 5. The fourth-order valence-electron chi connectivity index (χ4n) is 6.25. The number of esters is 2. The molecule has 4 aliphatic carbocycles. The Kier molecular flexibility index (Phi) is 4.41. The number of aromatic nitrogens is 1. The Balaban J connectivity index is 1.46. The van der Waals surface area contributed by atoms with Crippen LogP contribution in [0, 0.1) is 31.1 Å². The molecule has 4 aliphatic rings. The number of ether oxygens (including phenoxy) is 2. The summed E-state index contributed by atoms with van der Waals surface area (Å²) in [6, 6.07) is 0. The first-order chi connectivity index (χ1) is 13.2. The van der Waals surface area contributed by atoms with Crippen LogP contribution in [0.15, 0.2) is 0 Å². The van der Waals surface area contributed by atoms with E-state index in [1.807, 2.05) is 0 Å². The maximum atomic E-state index is 12.9. The van der Waals surface area contributed by atoms with Crippen molar-refractivity contribution in [3.63, 3.8) is 0 Å². The monoisotopic (exact) mass is 389 g/mol. The van der Waals surface area contributed by atoms with Crippen LogP contribution in [-0.2, 0) is 14.3 Å². The molecule has 7 nitrogen and oxygen atoms in total. The molecule has 0 spiro atoms. The normalized spacial score (nSPS) is 33.0. The molecule has 1 aromatic heterocycles. The van der Waals surface area contributed by atoms with Gasteiger partial charge >= 0.3 is 11.9 Å². The molecule has 2 atom stereocenters. The van der Waals surface area contributed by atoms with E-state index >= 15 is 0 Å². The third kappa shape index (κ3) is 2.96. The van der Waals surface area contributed by atoms with E-state index < -0.39 is 17.0 Å². The Bertz CT molecular complexity index is 839. The number of carbonyl (C=O) groups is 3. The van der Waals surface area contributed by atoms with Crippen LogP contribution < -0.4 is 0 Å². The summed E-state index contributed by atoms with van der Waals surface area (Å²) in [5, 5.41) is 10.8. The predicted molar refractivity (Wildman–Crippen MR) is 99.0 cm³/mol. The van der Waals surface area contributed by atoms with Crippen LogP contribution in [0.1, 0.15) is 70.6 Å². The molecule has 7 heteroatoms. The van der Waals surface area contributed by atoms with Gasteiger partial charge in [-0.25, -0.2) is 4.79 Å². The molecule has 4 fully saturated rings. The van der Waals surface area contributed by atoms with Crippen LogP contribution in [0.3, 0.4) is 0 Å². The van der Waals surface area contributed by atoms with Gasteiger partial charge in [-0.3, -0.25) is 9.59 Å². The summed E-state index contributed by atoms with van der Waals surface area (Å²) in [7, 11) is 1.29. The first kappa shape index (κ1) is 19.2. The molecule has 1 heterocycles. The first-order valence-corrected chi connectivity index (χ1v) is 9.87. The van der Waals surface area contributed by atoms with Crippen LogP contribution in [0.5, 0.6) is 0 Å². The fraction of sp³-hybridized carbons (Fsp3) is 0.667. The van der Waals surface area contributed by atoms with Crippen LogP contribution >= 0.6 is 0 Å². The standard InChI is InChI=1S/C21H27NO6/c1-11-16(18(24)27-3)12(2)22-17(11)15(23)9-28-19(25)20-5-13-4-14(6-20)8-21(26,7-13)10-20/h13-14,22,26H,4-10H2,1-3H3. The second kappa shape index (κ2) is 6.44. The molecule has 152 valence electrons. The highest BCUT2D eigenvalue weighted by molar-refractivity contribution is 6.02. The summed E-state index contributed by atoms with van der Waals surface area (Å²) in [5.41, 5.74) is 0.222. The van der Waals surface area contributed by atoms with E-state index in [1.54, 1.807) is 13.8 Å². The number of nitrogens with one attached hydrogen (secondary N) is 1. The van der Waals surface area contributed by atoms with Gasteiger partial charge in [0.2, 0.25) is 5.78 Å². The van der Waals surface area contributed by atoms with Gasteiger partial charge in [0.25, 0.3) is 0 Å². The summed E-state index contributed by atoms with van der Waals surface area (Å²) in [5.74, 6) is -0.532. The number of Topliss-reactive ketones (excluding diaryl/α,β-unsaturated/α-hetero) is 1. The number of carbonyl (C=O) groups excluding carboxylic acids is 3. The van der Waals surface area contributed by atoms with Gasteiger partial charge in [-0.1, -0.05) is 0 Å². The van der Waals surface area contributed by atoms with Crippen LogP contribution in [0.4, 0.5) is 0 Å². The highest BCUT2D eigenvalue weighted by atomic mass is 16.5. The first-order valence-electron chi connectivity index (χ1n) is 9.87. The van der Waals surface area contributed by atoms with Crippen molar-refractivity contribution in [3.05, 3.63) is 22.5 Å². The average Bonchev–Trinajstić information content (AvgIpc) is 2.91. The zero-order chi connectivity index (χ0) is 20.3. The minimum atomic E-state index is -0.754. The molecule has 0 radical (unpaired) electrons. The molecule has 5 rings (SSSR count). The average molecular weight is 389 g/mol. The van der Waals surface area contributed by atoms with Crippen molar-refractivity contribution in [2.45, 2.75) is 58.0 Å².